The fourth-order valence-electron chi connectivity index (χ4n) is 4.95. The van der Waals surface area contributed by atoms with Gasteiger partial charge in [0.15, 0.2) is 0 Å². The number of nitrogens with zero attached hydrogens (tertiary/aromatic N) is 3. The van der Waals surface area contributed by atoms with Crippen LogP contribution in [0.3, 0.4) is 0 Å². The summed E-state index contributed by atoms with van der Waals surface area (Å²) >= 11 is 0. The van der Waals surface area contributed by atoms with Gasteiger partial charge in [-0.3, -0.25) is 4.79 Å². The molecule has 0 radical (unpaired) electrons. The molecule has 0 saturated heterocycles. The summed E-state index contributed by atoms with van der Waals surface area (Å²) in [4.78, 5) is 30.3. The second kappa shape index (κ2) is 10.9. The molecule has 8 heteroatoms. The van der Waals surface area contributed by atoms with E-state index in [-0.39, 0.29) is 11.5 Å². The molecule has 1 amide bonds. The highest BCUT2D eigenvalue weighted by atomic mass is 16.5. The van der Waals surface area contributed by atoms with E-state index in [0.29, 0.717) is 41.2 Å². The van der Waals surface area contributed by atoms with Crippen molar-refractivity contribution in [2.45, 2.75) is 26.2 Å². The van der Waals surface area contributed by atoms with Gasteiger partial charge >= 0.3 is 5.97 Å². The molecule has 3 aromatic carbocycles. The van der Waals surface area contributed by atoms with Crippen LogP contribution in [0, 0.1) is 18.3 Å². The summed E-state index contributed by atoms with van der Waals surface area (Å²) in [5.41, 5.74) is 8.08. The van der Waals surface area contributed by atoms with Gasteiger partial charge in [0.25, 0.3) is 5.91 Å². The van der Waals surface area contributed by atoms with Gasteiger partial charge in [-0.05, 0) is 67.3 Å². The van der Waals surface area contributed by atoms with Crippen LogP contribution in [0.2, 0.25) is 0 Å². The predicted octanol–water partition coefficient (Wildman–Crippen LogP) is 6.36. The Kier molecular flexibility index (Phi) is 6.84. The Bertz CT molecular complexity index is 1860. The van der Waals surface area contributed by atoms with E-state index in [9.17, 15) is 9.59 Å². The molecule has 0 aliphatic heterocycles. The van der Waals surface area contributed by atoms with E-state index in [4.69, 9.17) is 14.4 Å². The van der Waals surface area contributed by atoms with E-state index in [1.807, 2.05) is 54.6 Å². The molecule has 2 heterocycles. The Balaban J connectivity index is 1.18. The summed E-state index contributed by atoms with van der Waals surface area (Å²) in [6.07, 6.45) is 2.06. The number of hydrogen-bond acceptors (Lipinski definition) is 7. The van der Waals surface area contributed by atoms with Crippen molar-refractivity contribution in [3.05, 3.63) is 119 Å². The number of nitriles is 1. The van der Waals surface area contributed by atoms with Gasteiger partial charge in [0.1, 0.15) is 17.2 Å². The minimum absolute atomic E-state index is 0.114. The maximum atomic E-state index is 13.1. The smallest absolute Gasteiger partial charge is 0.379 e. The number of furan rings is 1. The number of pyridine rings is 1. The van der Waals surface area contributed by atoms with Crippen LogP contribution in [0.1, 0.15) is 56.3 Å². The van der Waals surface area contributed by atoms with Crippen LogP contribution in [-0.4, -0.2) is 22.6 Å². The van der Waals surface area contributed by atoms with Crippen molar-refractivity contribution in [1.82, 2.24) is 10.4 Å². The molecule has 0 spiro atoms. The summed E-state index contributed by atoms with van der Waals surface area (Å²) in [5.74, 6) is 0.120. The summed E-state index contributed by atoms with van der Waals surface area (Å²) in [7, 11) is 0. The highest BCUT2D eigenvalue weighted by Crippen LogP contribution is 2.31. The summed E-state index contributed by atoms with van der Waals surface area (Å²) < 4.78 is 11.6. The zero-order valence-corrected chi connectivity index (χ0v) is 22.2. The van der Waals surface area contributed by atoms with Gasteiger partial charge < -0.3 is 9.15 Å². The van der Waals surface area contributed by atoms with Crippen molar-refractivity contribution in [3.63, 3.8) is 0 Å². The number of fused-ring (bicyclic) bond motifs is 2. The lowest BCUT2D eigenvalue weighted by atomic mass is 9.93. The molecule has 41 heavy (non-hydrogen) atoms. The second-order valence-electron chi connectivity index (χ2n) is 9.70. The quantitative estimate of drug-likeness (QED) is 0.157. The number of carbonyl (C=O) groups excluding carboxylic acids is 2. The topological polar surface area (TPSA) is 118 Å². The Morgan fingerprint density at radius 2 is 1.68 bits per heavy atom. The van der Waals surface area contributed by atoms with E-state index in [0.717, 1.165) is 34.0 Å². The monoisotopic (exact) mass is 540 g/mol. The van der Waals surface area contributed by atoms with Crippen LogP contribution in [0.15, 0.2) is 94.4 Å². The number of hydrogen-bond donors (Lipinski definition) is 1. The second-order valence-corrected chi connectivity index (χ2v) is 9.70. The molecule has 0 saturated carbocycles. The number of nitrogens with one attached hydrogen (secondary N) is 1. The summed E-state index contributed by atoms with van der Waals surface area (Å²) in [6.45, 7) is 1.79. The summed E-state index contributed by atoms with van der Waals surface area (Å²) in [6, 6.07) is 27.6. The van der Waals surface area contributed by atoms with Crippen LogP contribution in [0.5, 0.6) is 5.75 Å². The molecular formula is C33H24N4O4. The Hall–Kier alpha value is -5.55. The summed E-state index contributed by atoms with van der Waals surface area (Å²) in [5, 5.41) is 14.3. The molecule has 1 N–H and O–H groups in total. The molecule has 1 aliphatic rings. The Labute approximate surface area is 235 Å². The van der Waals surface area contributed by atoms with Gasteiger partial charge in [-0.1, -0.05) is 48.5 Å². The van der Waals surface area contributed by atoms with Crippen molar-refractivity contribution in [2.24, 2.45) is 5.10 Å². The maximum absolute atomic E-state index is 13.1. The van der Waals surface area contributed by atoms with Gasteiger partial charge in [-0.2, -0.15) is 10.4 Å². The number of hydrazone groups is 1. The van der Waals surface area contributed by atoms with Crippen molar-refractivity contribution in [1.29, 1.82) is 5.26 Å². The van der Waals surface area contributed by atoms with E-state index >= 15 is 0 Å². The van der Waals surface area contributed by atoms with Gasteiger partial charge in [0.2, 0.25) is 5.76 Å². The average Bonchev–Trinajstić information content (AvgIpc) is 3.37. The standard InChI is InChI=1S/C33H24N4O4/c1-20-30-27(36-37-32(38)28-18-15-24-5-2-3-6-26(24)35-28)7-4-8-29(30)41-31(20)33(39)40-25-16-13-23(14-17-25)22-11-9-21(19-34)10-12-22/h2-3,5-6,9-18H,4,7-8H2,1H3,(H,37,38)/b36-27+. The van der Waals surface area contributed by atoms with Crippen LogP contribution >= 0.6 is 0 Å². The Morgan fingerprint density at radius 3 is 2.44 bits per heavy atom. The molecule has 0 atom stereocenters. The van der Waals surface area contributed by atoms with Crippen molar-refractivity contribution in [3.8, 4) is 22.9 Å². The first-order chi connectivity index (χ1) is 20.0. The molecule has 2 aromatic heterocycles. The molecule has 1 aliphatic carbocycles. The zero-order valence-electron chi connectivity index (χ0n) is 22.2. The third-order valence-electron chi connectivity index (χ3n) is 7.05. The molecule has 200 valence electrons. The predicted molar refractivity (Wildman–Crippen MR) is 154 cm³/mol. The van der Waals surface area contributed by atoms with Crippen molar-refractivity contribution >= 4 is 28.5 Å². The lowest BCUT2D eigenvalue weighted by molar-refractivity contribution is 0.0698. The van der Waals surface area contributed by atoms with Crippen LogP contribution in [0.25, 0.3) is 22.0 Å². The van der Waals surface area contributed by atoms with E-state index in [1.54, 1.807) is 37.3 Å². The number of para-hydroxylation sites is 1. The minimum atomic E-state index is -0.605. The normalized spacial score (nSPS) is 13.4. The molecular weight excluding hydrogens is 516 g/mol. The molecule has 5 aromatic rings. The fourth-order valence-corrected chi connectivity index (χ4v) is 4.95. The van der Waals surface area contributed by atoms with Crippen LogP contribution in [-0.2, 0) is 6.42 Å². The number of aromatic nitrogens is 1. The van der Waals surface area contributed by atoms with E-state index < -0.39 is 11.9 Å². The van der Waals surface area contributed by atoms with Gasteiger partial charge in [0.05, 0.1) is 22.9 Å². The third-order valence-corrected chi connectivity index (χ3v) is 7.05. The largest absolute Gasteiger partial charge is 0.453 e. The number of aryl methyl sites for hydroxylation is 1. The van der Waals surface area contributed by atoms with Crippen LogP contribution < -0.4 is 10.2 Å². The number of carbonyl (C=O) groups is 2. The van der Waals surface area contributed by atoms with Gasteiger partial charge in [-0.15, -0.1) is 0 Å². The molecule has 0 unspecified atom stereocenters. The number of ether oxygens (including phenoxy) is 1. The minimum Gasteiger partial charge on any atom is -0.453 e. The van der Waals surface area contributed by atoms with Crippen molar-refractivity contribution < 1.29 is 18.7 Å². The number of amides is 1. The highest BCUT2D eigenvalue weighted by Gasteiger charge is 2.29. The maximum Gasteiger partial charge on any atom is 0.379 e. The first kappa shape index (κ1) is 25.7. The number of benzene rings is 3. The average molecular weight is 541 g/mol. The first-order valence-electron chi connectivity index (χ1n) is 13.2. The van der Waals surface area contributed by atoms with Crippen molar-refractivity contribution in [2.75, 3.05) is 0 Å². The Morgan fingerprint density at radius 1 is 0.951 bits per heavy atom. The fraction of sp³-hybridized carbons (Fsp3) is 0.121. The molecule has 0 fully saturated rings. The van der Waals surface area contributed by atoms with Gasteiger partial charge in [0, 0.05) is 22.9 Å². The molecule has 6 rings (SSSR count). The lowest BCUT2D eigenvalue weighted by Gasteiger charge is -2.13. The molecule has 8 nitrogen and oxygen atoms in total. The van der Waals surface area contributed by atoms with Crippen LogP contribution in [0.4, 0.5) is 0 Å². The highest BCUT2D eigenvalue weighted by molar-refractivity contribution is 6.06. The number of rotatable bonds is 5. The first-order valence-corrected chi connectivity index (χ1v) is 13.2. The molecule has 0 bridgehead atoms. The van der Waals surface area contributed by atoms with E-state index in [2.05, 4.69) is 21.6 Å². The SMILES string of the molecule is Cc1c(C(=O)Oc2ccc(-c3ccc(C#N)cc3)cc2)oc2c1/C(=N/NC(=O)c1ccc3ccccc3n1)CCC2. The third kappa shape index (κ3) is 5.21. The van der Waals surface area contributed by atoms with Gasteiger partial charge in [-0.25, -0.2) is 15.2 Å². The van der Waals surface area contributed by atoms with E-state index in [1.165, 1.54) is 0 Å². The number of esters is 1. The lowest BCUT2D eigenvalue weighted by Crippen LogP contribution is -2.23. The zero-order chi connectivity index (χ0) is 28.3.